The first-order valence-electron chi connectivity index (χ1n) is 6.49. The molecular formula is C16H19NO2. The monoisotopic (exact) mass is 257 g/mol. The van der Waals surface area contributed by atoms with Crippen LogP contribution in [0.2, 0.25) is 0 Å². The van der Waals surface area contributed by atoms with Gasteiger partial charge < -0.3 is 9.84 Å². The van der Waals surface area contributed by atoms with E-state index in [2.05, 4.69) is 18.8 Å². The number of hydrogen-bond donors (Lipinski definition) is 1. The van der Waals surface area contributed by atoms with E-state index < -0.39 is 6.10 Å². The highest BCUT2D eigenvalue weighted by atomic mass is 16.5. The van der Waals surface area contributed by atoms with Crippen LogP contribution in [0.3, 0.4) is 0 Å². The number of hydrogen-bond acceptors (Lipinski definition) is 3. The molecule has 0 unspecified atom stereocenters. The van der Waals surface area contributed by atoms with E-state index in [4.69, 9.17) is 4.74 Å². The van der Waals surface area contributed by atoms with E-state index in [1.165, 1.54) is 0 Å². The van der Waals surface area contributed by atoms with Crippen molar-refractivity contribution in [1.82, 2.24) is 4.98 Å². The Morgan fingerprint density at radius 3 is 2.37 bits per heavy atom. The van der Waals surface area contributed by atoms with Gasteiger partial charge in [-0.3, -0.25) is 0 Å². The van der Waals surface area contributed by atoms with Gasteiger partial charge in [0.05, 0.1) is 6.10 Å². The zero-order chi connectivity index (χ0) is 13.8. The van der Waals surface area contributed by atoms with Crippen LogP contribution in [0.4, 0.5) is 0 Å². The van der Waals surface area contributed by atoms with E-state index in [0.717, 1.165) is 11.3 Å². The predicted molar refractivity (Wildman–Crippen MR) is 75.5 cm³/mol. The van der Waals surface area contributed by atoms with Crippen LogP contribution in [0.25, 0.3) is 0 Å². The quantitative estimate of drug-likeness (QED) is 0.898. The van der Waals surface area contributed by atoms with Gasteiger partial charge in [0.15, 0.2) is 0 Å². The molecule has 0 spiro atoms. The molecule has 0 saturated heterocycles. The van der Waals surface area contributed by atoms with Gasteiger partial charge in [-0.15, -0.1) is 0 Å². The Balaban J connectivity index is 2.37. The van der Waals surface area contributed by atoms with Crippen LogP contribution in [0, 0.1) is 0 Å². The van der Waals surface area contributed by atoms with E-state index in [1.807, 2.05) is 30.3 Å². The van der Waals surface area contributed by atoms with E-state index in [9.17, 15) is 5.11 Å². The van der Waals surface area contributed by atoms with E-state index in [1.54, 1.807) is 19.2 Å². The molecule has 0 aliphatic heterocycles. The molecule has 1 aromatic heterocycles. The van der Waals surface area contributed by atoms with Crippen molar-refractivity contribution < 1.29 is 9.84 Å². The second-order valence-corrected chi connectivity index (χ2v) is 4.87. The van der Waals surface area contributed by atoms with Crippen LogP contribution in [0.5, 0.6) is 11.6 Å². The van der Waals surface area contributed by atoms with Gasteiger partial charge in [0, 0.05) is 11.8 Å². The predicted octanol–water partition coefficient (Wildman–Crippen LogP) is 4.05. The number of aliphatic hydroxyl groups excluding tert-OH is 1. The molecule has 19 heavy (non-hydrogen) atoms. The van der Waals surface area contributed by atoms with Gasteiger partial charge in [0.2, 0.25) is 5.88 Å². The molecule has 0 saturated carbocycles. The molecule has 1 heterocycles. The lowest BCUT2D eigenvalue weighted by atomic mass is 10.0. The topological polar surface area (TPSA) is 42.4 Å². The molecule has 0 aliphatic carbocycles. The van der Waals surface area contributed by atoms with Crippen molar-refractivity contribution in [1.29, 1.82) is 0 Å². The molecule has 1 aromatic carbocycles. The van der Waals surface area contributed by atoms with Gasteiger partial charge in [-0.05, 0) is 36.6 Å². The molecule has 2 aromatic rings. The Hall–Kier alpha value is -1.87. The Morgan fingerprint density at radius 2 is 1.68 bits per heavy atom. The van der Waals surface area contributed by atoms with Crippen molar-refractivity contribution in [3.05, 3.63) is 53.7 Å². The summed E-state index contributed by atoms with van der Waals surface area (Å²) in [7, 11) is 0. The van der Waals surface area contributed by atoms with Crippen molar-refractivity contribution in [3.8, 4) is 11.6 Å². The highest BCUT2D eigenvalue weighted by Crippen LogP contribution is 2.32. The fraction of sp³-hybridized carbons (Fsp3) is 0.312. The minimum absolute atomic E-state index is 0.370. The fourth-order valence-electron chi connectivity index (χ4n) is 1.96. The third kappa shape index (κ3) is 3.12. The van der Waals surface area contributed by atoms with Crippen LogP contribution in [0.1, 0.15) is 43.9 Å². The highest BCUT2D eigenvalue weighted by Gasteiger charge is 2.13. The summed E-state index contributed by atoms with van der Waals surface area (Å²) in [4.78, 5) is 4.21. The Morgan fingerprint density at radius 1 is 1.00 bits per heavy atom. The standard InChI is InChI=1S/C16H19NO2/c1-11(2)13-7-4-5-9-15(13)19-16-14(12(3)18)8-6-10-17-16/h4-12,18H,1-3H3/t12-/m0/s1. The third-order valence-electron chi connectivity index (χ3n) is 3.00. The largest absolute Gasteiger partial charge is 0.438 e. The number of nitrogens with zero attached hydrogens (tertiary/aromatic N) is 1. The maximum Gasteiger partial charge on any atom is 0.225 e. The summed E-state index contributed by atoms with van der Waals surface area (Å²) in [6.07, 6.45) is 1.06. The summed E-state index contributed by atoms with van der Waals surface area (Å²) < 4.78 is 5.89. The van der Waals surface area contributed by atoms with Crippen molar-refractivity contribution in [3.63, 3.8) is 0 Å². The van der Waals surface area contributed by atoms with Gasteiger partial charge in [-0.2, -0.15) is 0 Å². The Kier molecular flexibility index (Phi) is 4.17. The number of aliphatic hydroxyl groups is 1. The maximum absolute atomic E-state index is 9.74. The molecule has 0 radical (unpaired) electrons. The third-order valence-corrected chi connectivity index (χ3v) is 3.00. The van der Waals surface area contributed by atoms with E-state index in [0.29, 0.717) is 17.4 Å². The van der Waals surface area contributed by atoms with Crippen LogP contribution >= 0.6 is 0 Å². The average molecular weight is 257 g/mol. The Bertz CT molecular complexity index is 500. The molecule has 1 N–H and O–H groups in total. The molecule has 0 fully saturated rings. The first-order chi connectivity index (χ1) is 9.09. The molecule has 0 bridgehead atoms. The van der Waals surface area contributed by atoms with Gasteiger partial charge in [-0.25, -0.2) is 4.98 Å². The average Bonchev–Trinajstić information content (AvgIpc) is 2.39. The highest BCUT2D eigenvalue weighted by molar-refractivity contribution is 5.40. The fourth-order valence-corrected chi connectivity index (χ4v) is 1.96. The maximum atomic E-state index is 9.74. The van der Waals surface area contributed by atoms with E-state index >= 15 is 0 Å². The second-order valence-electron chi connectivity index (χ2n) is 4.87. The first kappa shape index (κ1) is 13.6. The molecule has 0 aliphatic rings. The number of benzene rings is 1. The SMILES string of the molecule is CC(C)c1ccccc1Oc1ncccc1[C@H](C)O. The van der Waals surface area contributed by atoms with Crippen LogP contribution in [0.15, 0.2) is 42.6 Å². The van der Waals surface area contributed by atoms with Gasteiger partial charge in [-0.1, -0.05) is 32.0 Å². The number of rotatable bonds is 4. The van der Waals surface area contributed by atoms with Gasteiger partial charge in [0.25, 0.3) is 0 Å². The second kappa shape index (κ2) is 5.85. The minimum atomic E-state index is -0.602. The van der Waals surface area contributed by atoms with Crippen LogP contribution < -0.4 is 4.74 Å². The zero-order valence-electron chi connectivity index (χ0n) is 11.5. The number of pyridine rings is 1. The van der Waals surface area contributed by atoms with Gasteiger partial charge in [0.1, 0.15) is 5.75 Å². The lowest BCUT2D eigenvalue weighted by Crippen LogP contribution is -2.00. The summed E-state index contributed by atoms with van der Waals surface area (Å²) in [6.45, 7) is 5.95. The first-order valence-corrected chi connectivity index (χ1v) is 6.49. The van der Waals surface area contributed by atoms with Crippen LogP contribution in [-0.4, -0.2) is 10.1 Å². The summed E-state index contributed by atoms with van der Waals surface area (Å²) in [5.41, 5.74) is 1.82. The van der Waals surface area contributed by atoms with Crippen molar-refractivity contribution in [2.24, 2.45) is 0 Å². The van der Waals surface area contributed by atoms with Gasteiger partial charge >= 0.3 is 0 Å². The van der Waals surface area contributed by atoms with Crippen molar-refractivity contribution in [2.45, 2.75) is 32.8 Å². The molecule has 0 amide bonds. The zero-order valence-corrected chi connectivity index (χ0v) is 11.5. The smallest absolute Gasteiger partial charge is 0.225 e. The summed E-state index contributed by atoms with van der Waals surface area (Å²) in [6, 6.07) is 11.5. The molecule has 1 atom stereocenters. The van der Waals surface area contributed by atoms with Crippen molar-refractivity contribution in [2.75, 3.05) is 0 Å². The lowest BCUT2D eigenvalue weighted by molar-refractivity contribution is 0.194. The molecular weight excluding hydrogens is 238 g/mol. The minimum Gasteiger partial charge on any atom is -0.438 e. The molecule has 100 valence electrons. The normalized spacial score (nSPS) is 12.5. The molecule has 3 nitrogen and oxygen atoms in total. The lowest BCUT2D eigenvalue weighted by Gasteiger charge is -2.15. The summed E-state index contributed by atoms with van der Waals surface area (Å²) in [5, 5.41) is 9.74. The van der Waals surface area contributed by atoms with E-state index in [-0.39, 0.29) is 0 Å². The number of ether oxygens (including phenoxy) is 1. The van der Waals surface area contributed by atoms with Crippen molar-refractivity contribution >= 4 is 0 Å². The summed E-state index contributed by atoms with van der Waals surface area (Å²) in [5.74, 6) is 1.62. The van der Waals surface area contributed by atoms with Crippen LogP contribution in [-0.2, 0) is 0 Å². The number of para-hydroxylation sites is 1. The molecule has 3 heteroatoms. The number of aromatic nitrogens is 1. The summed E-state index contributed by atoms with van der Waals surface area (Å²) >= 11 is 0. The Labute approximate surface area is 113 Å². The molecule has 2 rings (SSSR count).